The maximum atomic E-state index is 11.9. The lowest BCUT2D eigenvalue weighted by Gasteiger charge is -2.13. The first kappa shape index (κ1) is 12.5. The summed E-state index contributed by atoms with van der Waals surface area (Å²) in [4.78, 5) is 10.4. The van der Waals surface area contributed by atoms with E-state index in [0.717, 1.165) is 18.2 Å². The van der Waals surface area contributed by atoms with E-state index in [-0.39, 0.29) is 5.56 Å². The van der Waals surface area contributed by atoms with Crippen molar-refractivity contribution in [3.63, 3.8) is 0 Å². The quantitative estimate of drug-likeness (QED) is 0.573. The van der Waals surface area contributed by atoms with E-state index in [1.54, 1.807) is 0 Å². The summed E-state index contributed by atoms with van der Waals surface area (Å²) in [5.74, 6) is -0.756. The standard InChI is InChI=1S/C8H6BF3O4/c10-8(11,12)16-7-2-1-5(4-13)3-6(7)9(14)15/h1-4,14-15H. The van der Waals surface area contributed by atoms with Crippen molar-refractivity contribution in [1.29, 1.82) is 0 Å². The summed E-state index contributed by atoms with van der Waals surface area (Å²) in [6, 6.07) is 2.81. The van der Waals surface area contributed by atoms with Crippen molar-refractivity contribution in [3.05, 3.63) is 23.8 Å². The monoisotopic (exact) mass is 234 g/mol. The Morgan fingerprint density at radius 1 is 1.31 bits per heavy atom. The molecule has 0 fully saturated rings. The summed E-state index contributed by atoms with van der Waals surface area (Å²) in [7, 11) is -2.16. The first-order valence-corrected chi connectivity index (χ1v) is 4.04. The van der Waals surface area contributed by atoms with E-state index >= 15 is 0 Å². The molecule has 0 heterocycles. The van der Waals surface area contributed by atoms with E-state index in [2.05, 4.69) is 4.74 Å². The molecule has 0 aromatic heterocycles. The molecule has 2 N–H and O–H groups in total. The molecule has 0 aliphatic carbocycles. The minimum absolute atomic E-state index is 0.0117. The minimum Gasteiger partial charge on any atom is -0.423 e. The fourth-order valence-electron chi connectivity index (χ4n) is 1.06. The molecule has 8 heteroatoms. The molecular weight excluding hydrogens is 228 g/mol. The van der Waals surface area contributed by atoms with Crippen LogP contribution in [0, 0.1) is 0 Å². The lowest BCUT2D eigenvalue weighted by atomic mass is 9.79. The van der Waals surface area contributed by atoms with Gasteiger partial charge in [-0.3, -0.25) is 4.79 Å². The van der Waals surface area contributed by atoms with Gasteiger partial charge in [0.15, 0.2) is 0 Å². The Bertz CT molecular complexity index is 391. The number of aldehydes is 1. The Morgan fingerprint density at radius 3 is 2.38 bits per heavy atom. The molecule has 1 aromatic rings. The van der Waals surface area contributed by atoms with Gasteiger partial charge in [-0.05, 0) is 18.2 Å². The summed E-state index contributed by atoms with van der Waals surface area (Å²) in [6.45, 7) is 0. The molecule has 0 amide bonds. The number of rotatable bonds is 3. The third-order valence-corrected chi connectivity index (χ3v) is 1.67. The summed E-state index contributed by atoms with van der Waals surface area (Å²) >= 11 is 0. The van der Waals surface area contributed by atoms with Crippen LogP contribution >= 0.6 is 0 Å². The predicted octanol–water partition coefficient (Wildman–Crippen LogP) is 0.0775. The molecule has 16 heavy (non-hydrogen) atoms. The number of hydrogen-bond donors (Lipinski definition) is 2. The fourth-order valence-corrected chi connectivity index (χ4v) is 1.06. The van der Waals surface area contributed by atoms with Crippen LogP contribution in [0.5, 0.6) is 5.75 Å². The van der Waals surface area contributed by atoms with Crippen molar-refractivity contribution in [1.82, 2.24) is 0 Å². The van der Waals surface area contributed by atoms with Gasteiger partial charge in [0.25, 0.3) is 0 Å². The Labute approximate surface area is 88.4 Å². The van der Waals surface area contributed by atoms with Crippen molar-refractivity contribution in [3.8, 4) is 5.75 Å². The number of carbonyl (C=O) groups is 1. The highest BCUT2D eigenvalue weighted by Gasteiger charge is 2.33. The lowest BCUT2D eigenvalue weighted by molar-refractivity contribution is -0.274. The van der Waals surface area contributed by atoms with E-state index in [9.17, 15) is 18.0 Å². The summed E-state index contributed by atoms with van der Waals surface area (Å²) in [6.07, 6.45) is -4.57. The molecule has 0 unspecified atom stereocenters. The molecule has 0 aliphatic heterocycles. The van der Waals surface area contributed by atoms with E-state index in [0.29, 0.717) is 6.29 Å². The Kier molecular flexibility index (Phi) is 3.56. The van der Waals surface area contributed by atoms with Crippen LogP contribution in [0.3, 0.4) is 0 Å². The molecule has 0 spiro atoms. The van der Waals surface area contributed by atoms with E-state index in [1.807, 2.05) is 0 Å². The zero-order valence-electron chi connectivity index (χ0n) is 7.73. The molecule has 4 nitrogen and oxygen atoms in total. The zero-order chi connectivity index (χ0) is 12.3. The Balaban J connectivity index is 3.13. The van der Waals surface area contributed by atoms with Gasteiger partial charge in [0.05, 0.1) is 0 Å². The van der Waals surface area contributed by atoms with Crippen LogP contribution in [0.25, 0.3) is 0 Å². The average Bonchev–Trinajstić information content (AvgIpc) is 2.15. The van der Waals surface area contributed by atoms with Gasteiger partial charge in [-0.25, -0.2) is 0 Å². The normalized spacial score (nSPS) is 11.1. The van der Waals surface area contributed by atoms with Gasteiger partial charge in [0.2, 0.25) is 0 Å². The number of alkyl halides is 3. The van der Waals surface area contributed by atoms with Crippen molar-refractivity contribution in [2.75, 3.05) is 0 Å². The zero-order valence-corrected chi connectivity index (χ0v) is 7.73. The molecule has 0 saturated carbocycles. The molecule has 0 saturated heterocycles. The minimum atomic E-state index is -4.94. The molecule has 0 aliphatic rings. The smallest absolute Gasteiger partial charge is 0.423 e. The molecule has 1 rings (SSSR count). The second-order valence-corrected chi connectivity index (χ2v) is 2.84. The van der Waals surface area contributed by atoms with Crippen LogP contribution in [-0.2, 0) is 0 Å². The van der Waals surface area contributed by atoms with Gasteiger partial charge in [-0.1, -0.05) is 0 Å². The van der Waals surface area contributed by atoms with Crippen LogP contribution in [0.4, 0.5) is 13.2 Å². The lowest BCUT2D eigenvalue weighted by Crippen LogP contribution is -2.34. The van der Waals surface area contributed by atoms with Crippen molar-refractivity contribution in [2.45, 2.75) is 6.36 Å². The Morgan fingerprint density at radius 2 is 1.94 bits per heavy atom. The van der Waals surface area contributed by atoms with Crippen LogP contribution in [0.15, 0.2) is 18.2 Å². The molecule has 1 aromatic carbocycles. The fraction of sp³-hybridized carbons (Fsp3) is 0.125. The van der Waals surface area contributed by atoms with Gasteiger partial charge in [-0.15, -0.1) is 13.2 Å². The summed E-state index contributed by atoms with van der Waals surface area (Å²) < 4.78 is 39.3. The van der Waals surface area contributed by atoms with Crippen molar-refractivity contribution in [2.24, 2.45) is 0 Å². The predicted molar refractivity (Wildman–Crippen MR) is 48.3 cm³/mol. The van der Waals surface area contributed by atoms with Gasteiger partial charge >= 0.3 is 13.5 Å². The first-order chi connectivity index (χ1) is 7.33. The van der Waals surface area contributed by atoms with E-state index < -0.39 is 24.7 Å². The van der Waals surface area contributed by atoms with E-state index in [1.165, 1.54) is 0 Å². The number of halogens is 3. The highest BCUT2D eigenvalue weighted by atomic mass is 19.4. The van der Waals surface area contributed by atoms with Crippen molar-refractivity contribution < 1.29 is 32.8 Å². The third-order valence-electron chi connectivity index (χ3n) is 1.67. The first-order valence-electron chi connectivity index (χ1n) is 4.04. The number of carbonyl (C=O) groups excluding carboxylic acids is 1. The molecular formula is C8H6BF3O4. The molecule has 0 bridgehead atoms. The van der Waals surface area contributed by atoms with E-state index in [4.69, 9.17) is 10.0 Å². The molecule has 86 valence electrons. The second-order valence-electron chi connectivity index (χ2n) is 2.84. The van der Waals surface area contributed by atoms with Crippen LogP contribution < -0.4 is 10.2 Å². The topological polar surface area (TPSA) is 66.8 Å². The maximum Gasteiger partial charge on any atom is 0.573 e. The highest BCUT2D eigenvalue weighted by molar-refractivity contribution is 6.59. The van der Waals surface area contributed by atoms with Gasteiger partial charge < -0.3 is 14.8 Å². The van der Waals surface area contributed by atoms with Crippen molar-refractivity contribution >= 4 is 18.9 Å². The number of ether oxygens (including phenoxy) is 1. The summed E-state index contributed by atoms with van der Waals surface area (Å²) in [5, 5.41) is 17.6. The molecule has 0 atom stereocenters. The average molecular weight is 234 g/mol. The Hall–Kier alpha value is -1.54. The van der Waals surface area contributed by atoms with Gasteiger partial charge in [-0.2, -0.15) is 0 Å². The summed E-state index contributed by atoms with van der Waals surface area (Å²) in [5.41, 5.74) is -0.514. The van der Waals surface area contributed by atoms with Crippen LogP contribution in [0.1, 0.15) is 10.4 Å². The van der Waals surface area contributed by atoms with Crippen LogP contribution in [0.2, 0.25) is 0 Å². The van der Waals surface area contributed by atoms with Crippen LogP contribution in [-0.4, -0.2) is 29.8 Å². The highest BCUT2D eigenvalue weighted by Crippen LogP contribution is 2.21. The second kappa shape index (κ2) is 4.54. The van der Waals surface area contributed by atoms with Gasteiger partial charge in [0.1, 0.15) is 12.0 Å². The molecule has 0 radical (unpaired) electrons. The van der Waals surface area contributed by atoms with Gasteiger partial charge in [0, 0.05) is 11.0 Å². The largest absolute Gasteiger partial charge is 0.573 e. The SMILES string of the molecule is O=Cc1ccc(OC(F)(F)F)c(B(O)O)c1. The maximum absolute atomic E-state index is 11.9. The third kappa shape index (κ3) is 3.25. The number of benzene rings is 1. The number of hydrogen-bond acceptors (Lipinski definition) is 4.